The highest BCUT2D eigenvalue weighted by atomic mass is 79.9. The van der Waals surface area contributed by atoms with E-state index in [9.17, 15) is 36.7 Å². The van der Waals surface area contributed by atoms with Gasteiger partial charge in [0.2, 0.25) is 23.0 Å². The average Bonchev–Trinajstić information content (AvgIpc) is 1.99. The van der Waals surface area contributed by atoms with Gasteiger partial charge in [0.15, 0.2) is 0 Å². The second kappa shape index (κ2) is 30.0. The van der Waals surface area contributed by atoms with Gasteiger partial charge >= 0.3 is 0 Å². The van der Waals surface area contributed by atoms with Gasteiger partial charge in [-0.3, -0.25) is 19.2 Å². The minimum atomic E-state index is -3.01. The molecule has 17 nitrogen and oxygen atoms in total. The Morgan fingerprint density at radius 2 is 1.10 bits per heavy atom. The number of halogens is 8. The third-order valence-corrected chi connectivity index (χ3v) is 14.6. The number of amides is 3. The molecule has 0 radical (unpaired) electrons. The van der Waals surface area contributed by atoms with Gasteiger partial charge < -0.3 is 47.2 Å². The standard InChI is InChI=1S/C31H32ClF2N7O2.C25H23ClF2N6O.C4H4BrClO.CH4/c1-41(2)13-5-8-27(42)37-20-11-9-19(10-12-20)29(43)38-21-14-22(16-31(33,34)15-21)39-30-36-18-25(32)28(40-30)24-17-35-26-7-4-3-6-23(24)26;26-20-13-31-24(34-22(20)19-12-30-21-4-2-1-3-18(19)21)33-17-9-16(10-25(27,28)11-17)32-23(35)14-5-7-15(29)8-6-14;5-3-1-2-4(6)7;/h3-12,17-18,21-22,35H,13-16H2,1-2H3,(H,37,42)(H,38,43)(H,36,39,40);1-8,12-13,16-17,30H,9-11,29H2,(H,32,35)(H,31,33,34);1-2H,3H2;1H4/b8-5+;;2-1+;/t21-,22+;16-,17+;;/m11../s1. The largest absolute Gasteiger partial charge is 0.399 e. The first-order valence-corrected chi connectivity index (χ1v) is 28.9. The summed E-state index contributed by atoms with van der Waals surface area (Å²) in [5.41, 5.74) is 11.7. The Bertz CT molecular complexity index is 3700. The molecule has 0 unspecified atom stereocenters. The summed E-state index contributed by atoms with van der Waals surface area (Å²) in [5.74, 6) is -6.78. The Labute approximate surface area is 517 Å². The Morgan fingerprint density at radius 1 is 0.663 bits per heavy atom. The van der Waals surface area contributed by atoms with Crippen LogP contribution in [0, 0.1) is 0 Å². The number of nitrogen functional groups attached to an aromatic ring is 1. The monoisotopic (exact) mass is 1300 g/mol. The molecule has 4 aromatic carbocycles. The van der Waals surface area contributed by atoms with E-state index in [0.717, 1.165) is 32.9 Å². The maximum Gasteiger partial charge on any atom is 0.252 e. The number of nitrogens with one attached hydrogen (secondary N) is 7. The number of hydrogen-bond donors (Lipinski definition) is 8. The number of aromatic amines is 2. The van der Waals surface area contributed by atoms with Crippen LogP contribution in [-0.4, -0.2) is 120 Å². The highest BCUT2D eigenvalue weighted by molar-refractivity contribution is 9.09. The SMILES string of the molecule is C.CN(C)C/C=C/C(=O)Nc1ccc(C(=O)N[C@@H]2C[C@H](Nc3ncc(Cl)c(-c4c[nH]c5ccccc45)n3)CC(F)(F)C2)cc1.Nc1ccc(C(=O)N[C@@H]2C[C@H](Nc3ncc(Cl)c(-c4c[nH]c5ccccc45)n3)CC(F)(F)C2)cc1.O=C(Cl)/C=C/CBr. The first-order valence-electron chi connectivity index (χ1n) is 26.7. The lowest BCUT2D eigenvalue weighted by Gasteiger charge is -2.35. The summed E-state index contributed by atoms with van der Waals surface area (Å²) >= 11 is 20.8. The van der Waals surface area contributed by atoms with Crippen LogP contribution in [-0.2, 0) is 9.59 Å². The van der Waals surface area contributed by atoms with Crippen molar-refractivity contribution in [2.24, 2.45) is 0 Å². The molecular weight excluding hydrogens is 1240 g/mol. The van der Waals surface area contributed by atoms with Gasteiger partial charge in [-0.05, 0) is 105 Å². The molecule has 25 heteroatoms. The number of aromatic nitrogens is 6. The maximum absolute atomic E-state index is 14.8. The molecule has 4 aromatic heterocycles. The predicted molar refractivity (Wildman–Crippen MR) is 338 cm³/mol. The molecule has 2 aliphatic carbocycles. The quantitative estimate of drug-likeness (QED) is 0.0148. The average molecular weight is 1300 g/mol. The lowest BCUT2D eigenvalue weighted by Crippen LogP contribution is -2.48. The molecule has 2 aliphatic rings. The molecule has 10 rings (SSSR count). The summed E-state index contributed by atoms with van der Waals surface area (Å²) in [6.45, 7) is 0.627. The van der Waals surface area contributed by atoms with Crippen LogP contribution in [0.15, 0.2) is 146 Å². The Balaban J connectivity index is 0.000000222. The van der Waals surface area contributed by atoms with Crippen LogP contribution in [0.4, 0.5) is 40.8 Å². The topological polar surface area (TPSA) is 241 Å². The zero-order valence-corrected chi connectivity index (χ0v) is 49.6. The summed E-state index contributed by atoms with van der Waals surface area (Å²) in [7, 11) is 3.79. The van der Waals surface area contributed by atoms with Crippen molar-refractivity contribution in [1.29, 1.82) is 0 Å². The molecule has 8 aromatic rings. The van der Waals surface area contributed by atoms with E-state index in [2.05, 4.69) is 72.4 Å². The Kier molecular flexibility index (Phi) is 22.9. The number of likely N-dealkylation sites (N-methyl/N-ethyl adjacent to an activating group) is 1. The number of carbonyl (C=O) groups excluding carboxylic acids is 4. The molecule has 9 N–H and O–H groups in total. The molecule has 2 fully saturated rings. The predicted octanol–water partition coefficient (Wildman–Crippen LogP) is 13.3. The first kappa shape index (κ1) is 65.6. The van der Waals surface area contributed by atoms with Crippen LogP contribution < -0.4 is 32.3 Å². The fourth-order valence-corrected chi connectivity index (χ4v) is 10.5. The van der Waals surface area contributed by atoms with Crippen molar-refractivity contribution in [1.82, 2.24) is 45.4 Å². The lowest BCUT2D eigenvalue weighted by atomic mass is 9.87. The van der Waals surface area contributed by atoms with E-state index in [0.29, 0.717) is 62.2 Å². The van der Waals surface area contributed by atoms with Crippen LogP contribution in [0.1, 0.15) is 66.7 Å². The molecule has 0 aliphatic heterocycles. The molecule has 452 valence electrons. The van der Waals surface area contributed by atoms with E-state index < -0.39 is 78.8 Å². The zero-order valence-electron chi connectivity index (χ0n) is 45.8. The molecular formula is C61H63BrCl3F4N13O4. The zero-order chi connectivity index (χ0) is 60.8. The number of nitrogens with two attached hydrogens (primary N) is 1. The minimum absolute atomic E-state index is 0. The van der Waals surface area contributed by atoms with Crippen LogP contribution in [0.2, 0.25) is 10.0 Å². The van der Waals surface area contributed by atoms with E-state index in [4.69, 9.17) is 40.5 Å². The van der Waals surface area contributed by atoms with Crippen molar-refractivity contribution < 1.29 is 36.7 Å². The van der Waals surface area contributed by atoms with Gasteiger partial charge in [-0.2, -0.15) is 0 Å². The summed E-state index contributed by atoms with van der Waals surface area (Å²) in [5, 5.41) is 17.0. The van der Waals surface area contributed by atoms with E-state index in [1.54, 1.807) is 73.1 Å². The van der Waals surface area contributed by atoms with Crippen molar-refractivity contribution in [3.05, 3.63) is 167 Å². The second-order valence-corrected chi connectivity index (χ2v) is 22.3. The number of nitrogens with zero attached hydrogens (tertiary/aromatic N) is 5. The fraction of sp³-hybridized carbons (Fsp3) is 0.279. The summed E-state index contributed by atoms with van der Waals surface area (Å²) in [6.07, 6.45) is 11.4. The highest BCUT2D eigenvalue weighted by Crippen LogP contribution is 2.38. The van der Waals surface area contributed by atoms with Crippen molar-refractivity contribution in [2.45, 2.75) is 82.0 Å². The normalized spacial score (nSPS) is 17.8. The molecule has 4 heterocycles. The summed E-state index contributed by atoms with van der Waals surface area (Å²) in [6, 6.07) is 25.2. The molecule has 2 saturated carbocycles. The van der Waals surface area contributed by atoms with Gasteiger partial charge in [0, 0.05) is 136 Å². The highest BCUT2D eigenvalue weighted by Gasteiger charge is 2.43. The second-order valence-electron chi connectivity index (χ2n) is 20.5. The van der Waals surface area contributed by atoms with Crippen molar-refractivity contribution in [2.75, 3.05) is 47.7 Å². The first-order chi connectivity index (χ1) is 40.6. The number of benzene rings is 4. The van der Waals surface area contributed by atoms with E-state index >= 15 is 0 Å². The van der Waals surface area contributed by atoms with E-state index in [-0.39, 0.29) is 31.7 Å². The Morgan fingerprint density at radius 3 is 1.53 bits per heavy atom. The number of H-pyrrole nitrogens is 2. The number of anilines is 4. The third-order valence-electron chi connectivity index (χ3n) is 13.5. The molecule has 0 bridgehead atoms. The van der Waals surface area contributed by atoms with Crippen molar-refractivity contribution in [3.63, 3.8) is 0 Å². The molecule has 86 heavy (non-hydrogen) atoms. The third kappa shape index (κ3) is 18.6. The van der Waals surface area contributed by atoms with Crippen LogP contribution in [0.25, 0.3) is 44.3 Å². The van der Waals surface area contributed by atoms with Gasteiger partial charge in [-0.1, -0.05) is 95.1 Å². The number of hydrogen-bond acceptors (Lipinski definition) is 12. The summed E-state index contributed by atoms with van der Waals surface area (Å²) < 4.78 is 58.8. The van der Waals surface area contributed by atoms with Gasteiger partial charge in [0.1, 0.15) is 0 Å². The van der Waals surface area contributed by atoms with Gasteiger partial charge in [0.05, 0.1) is 33.8 Å². The van der Waals surface area contributed by atoms with Gasteiger partial charge in [-0.25, -0.2) is 37.5 Å². The number of alkyl halides is 5. The molecule has 4 atom stereocenters. The molecule has 0 saturated heterocycles. The van der Waals surface area contributed by atoms with Crippen LogP contribution in [0.5, 0.6) is 0 Å². The van der Waals surface area contributed by atoms with E-state index in [1.165, 1.54) is 24.5 Å². The van der Waals surface area contributed by atoms with Crippen LogP contribution >= 0.6 is 50.7 Å². The number of allylic oxidation sites excluding steroid dienone is 2. The number of fused-ring (bicyclic) bond motifs is 2. The smallest absolute Gasteiger partial charge is 0.252 e. The van der Waals surface area contributed by atoms with Gasteiger partial charge in [-0.15, -0.1) is 0 Å². The maximum atomic E-state index is 14.8. The van der Waals surface area contributed by atoms with Crippen molar-refractivity contribution >= 4 is 119 Å². The van der Waals surface area contributed by atoms with Gasteiger partial charge in [0.25, 0.3) is 23.7 Å². The number of carbonyl (C=O) groups is 4. The molecule has 0 spiro atoms. The van der Waals surface area contributed by atoms with Crippen molar-refractivity contribution in [3.8, 4) is 22.5 Å². The summed E-state index contributed by atoms with van der Waals surface area (Å²) in [4.78, 5) is 73.2. The fourth-order valence-electron chi connectivity index (χ4n) is 9.79. The number of rotatable bonds is 16. The van der Waals surface area contributed by atoms with Crippen LogP contribution in [0.3, 0.4) is 0 Å². The number of para-hydroxylation sites is 2. The Hall–Kier alpha value is -7.89. The lowest BCUT2D eigenvalue weighted by molar-refractivity contribution is -0.112. The minimum Gasteiger partial charge on any atom is -0.399 e. The van der Waals surface area contributed by atoms with E-state index in [1.807, 2.05) is 67.5 Å². The molecule has 3 amide bonds.